The van der Waals surface area contributed by atoms with E-state index in [0.717, 1.165) is 12.5 Å². The van der Waals surface area contributed by atoms with E-state index in [1.54, 1.807) is 0 Å². The van der Waals surface area contributed by atoms with Crippen LogP contribution in [0.25, 0.3) is 0 Å². The van der Waals surface area contributed by atoms with Crippen molar-refractivity contribution in [3.8, 4) is 0 Å². The van der Waals surface area contributed by atoms with Crippen LogP contribution in [-0.2, 0) is 6.54 Å². The minimum atomic E-state index is -0.475. The molecular formula is C12H11ClFN3O. The molecule has 18 heavy (non-hydrogen) atoms. The van der Waals surface area contributed by atoms with Gasteiger partial charge in [0.1, 0.15) is 11.5 Å². The quantitative estimate of drug-likeness (QED) is 0.800. The molecule has 0 spiro atoms. The number of carbonyl (C=O) groups is 1. The fourth-order valence-electron chi connectivity index (χ4n) is 1.62. The van der Waals surface area contributed by atoms with Crippen molar-refractivity contribution >= 4 is 17.4 Å². The van der Waals surface area contributed by atoms with Crippen molar-refractivity contribution in [1.29, 1.82) is 0 Å². The molecular weight excluding hydrogens is 257 g/mol. The zero-order chi connectivity index (χ0) is 13.1. The molecule has 0 aliphatic heterocycles. The van der Waals surface area contributed by atoms with E-state index in [1.807, 2.05) is 6.92 Å². The molecule has 6 heteroatoms. The average Bonchev–Trinajstić information content (AvgIpc) is 2.77. The molecule has 2 rings (SSSR count). The Balaban J connectivity index is 2.38. The van der Waals surface area contributed by atoms with Crippen LogP contribution in [0.4, 0.5) is 4.39 Å². The Morgan fingerprint density at radius 3 is 2.94 bits per heavy atom. The molecule has 0 aliphatic rings. The van der Waals surface area contributed by atoms with Gasteiger partial charge in [0, 0.05) is 12.1 Å². The first-order valence-electron chi connectivity index (χ1n) is 5.51. The SMILES string of the molecule is CCCn1nncc1C(=O)c1ccc(F)cc1Cl. The summed E-state index contributed by atoms with van der Waals surface area (Å²) in [6.45, 7) is 2.57. The Morgan fingerprint density at radius 1 is 1.50 bits per heavy atom. The molecule has 0 N–H and O–H groups in total. The molecule has 0 fully saturated rings. The molecule has 1 aromatic heterocycles. The van der Waals surface area contributed by atoms with E-state index in [4.69, 9.17) is 11.6 Å². The Kier molecular flexibility index (Phi) is 3.72. The van der Waals surface area contributed by atoms with Crippen LogP contribution in [0.1, 0.15) is 29.4 Å². The second-order valence-corrected chi connectivity index (χ2v) is 4.20. The third kappa shape index (κ3) is 2.41. The minimum absolute atomic E-state index is 0.0873. The first kappa shape index (κ1) is 12.7. The second kappa shape index (κ2) is 5.27. The molecule has 1 heterocycles. The number of aromatic nitrogens is 3. The summed E-state index contributed by atoms with van der Waals surface area (Å²) in [4.78, 5) is 12.2. The van der Waals surface area contributed by atoms with Gasteiger partial charge in [-0.05, 0) is 24.6 Å². The summed E-state index contributed by atoms with van der Waals surface area (Å²) in [5, 5.41) is 7.63. The fourth-order valence-corrected chi connectivity index (χ4v) is 1.88. The van der Waals surface area contributed by atoms with Gasteiger partial charge in [-0.25, -0.2) is 9.07 Å². The zero-order valence-electron chi connectivity index (χ0n) is 9.73. The van der Waals surface area contributed by atoms with E-state index in [0.29, 0.717) is 12.2 Å². The highest BCUT2D eigenvalue weighted by atomic mass is 35.5. The first-order chi connectivity index (χ1) is 8.63. The number of hydrogen-bond donors (Lipinski definition) is 0. The molecule has 0 unspecified atom stereocenters. The van der Waals surface area contributed by atoms with Gasteiger partial charge in [0.2, 0.25) is 5.78 Å². The van der Waals surface area contributed by atoms with Gasteiger partial charge in [-0.2, -0.15) is 0 Å². The first-order valence-corrected chi connectivity index (χ1v) is 5.89. The van der Waals surface area contributed by atoms with Gasteiger partial charge in [0.05, 0.1) is 11.2 Å². The number of nitrogens with zero attached hydrogens (tertiary/aromatic N) is 3. The number of halogens is 2. The van der Waals surface area contributed by atoms with Crippen molar-refractivity contribution in [2.45, 2.75) is 19.9 Å². The number of rotatable bonds is 4. The lowest BCUT2D eigenvalue weighted by atomic mass is 10.1. The normalized spacial score (nSPS) is 10.6. The van der Waals surface area contributed by atoms with E-state index < -0.39 is 5.82 Å². The summed E-state index contributed by atoms with van der Waals surface area (Å²) in [6, 6.07) is 3.68. The van der Waals surface area contributed by atoms with Crippen molar-refractivity contribution in [1.82, 2.24) is 15.0 Å². The summed E-state index contributed by atoms with van der Waals surface area (Å²) in [6.07, 6.45) is 2.22. The predicted molar refractivity (Wildman–Crippen MR) is 65.2 cm³/mol. The zero-order valence-corrected chi connectivity index (χ0v) is 10.5. The van der Waals surface area contributed by atoms with Crippen LogP contribution in [-0.4, -0.2) is 20.8 Å². The van der Waals surface area contributed by atoms with Crippen molar-refractivity contribution < 1.29 is 9.18 Å². The largest absolute Gasteiger partial charge is 0.287 e. The molecule has 1 aromatic carbocycles. The van der Waals surface area contributed by atoms with Gasteiger partial charge in [-0.3, -0.25) is 4.79 Å². The number of aryl methyl sites for hydroxylation is 1. The fraction of sp³-hybridized carbons (Fsp3) is 0.250. The number of carbonyl (C=O) groups excluding carboxylic acids is 1. The topological polar surface area (TPSA) is 47.8 Å². The Morgan fingerprint density at radius 2 is 2.28 bits per heavy atom. The number of hydrogen-bond acceptors (Lipinski definition) is 3. The molecule has 0 atom stereocenters. The maximum Gasteiger partial charge on any atom is 0.214 e. The highest BCUT2D eigenvalue weighted by Crippen LogP contribution is 2.20. The highest BCUT2D eigenvalue weighted by Gasteiger charge is 2.18. The van der Waals surface area contributed by atoms with Crippen molar-refractivity contribution in [2.24, 2.45) is 0 Å². The summed E-state index contributed by atoms with van der Waals surface area (Å²) in [7, 11) is 0. The second-order valence-electron chi connectivity index (χ2n) is 3.80. The maximum absolute atomic E-state index is 12.9. The monoisotopic (exact) mass is 267 g/mol. The van der Waals surface area contributed by atoms with Crippen LogP contribution in [0, 0.1) is 5.82 Å². The smallest absolute Gasteiger partial charge is 0.214 e. The average molecular weight is 268 g/mol. The number of ketones is 1. The molecule has 2 aromatic rings. The van der Waals surface area contributed by atoms with Gasteiger partial charge in [0.15, 0.2) is 0 Å². The lowest BCUT2D eigenvalue weighted by Crippen LogP contribution is -2.12. The van der Waals surface area contributed by atoms with Crippen LogP contribution in [0.3, 0.4) is 0 Å². The summed E-state index contributed by atoms with van der Waals surface area (Å²) >= 11 is 5.86. The Hall–Kier alpha value is -1.75. The molecule has 0 aliphatic carbocycles. The third-order valence-electron chi connectivity index (χ3n) is 2.46. The van der Waals surface area contributed by atoms with Gasteiger partial charge in [-0.1, -0.05) is 23.7 Å². The van der Waals surface area contributed by atoms with E-state index in [1.165, 1.54) is 23.0 Å². The lowest BCUT2D eigenvalue weighted by molar-refractivity contribution is 0.102. The summed E-state index contributed by atoms with van der Waals surface area (Å²) < 4.78 is 14.4. The minimum Gasteiger partial charge on any atom is -0.287 e. The van der Waals surface area contributed by atoms with E-state index in [9.17, 15) is 9.18 Å². The van der Waals surface area contributed by atoms with Crippen LogP contribution < -0.4 is 0 Å². The van der Waals surface area contributed by atoms with Crippen molar-refractivity contribution in [2.75, 3.05) is 0 Å². The van der Waals surface area contributed by atoms with E-state index in [2.05, 4.69) is 10.3 Å². The van der Waals surface area contributed by atoms with Crippen LogP contribution in [0.5, 0.6) is 0 Å². The molecule has 4 nitrogen and oxygen atoms in total. The van der Waals surface area contributed by atoms with Gasteiger partial charge in [0.25, 0.3) is 0 Å². The van der Waals surface area contributed by atoms with Gasteiger partial charge in [-0.15, -0.1) is 5.10 Å². The lowest BCUT2D eigenvalue weighted by Gasteiger charge is -2.05. The van der Waals surface area contributed by atoms with E-state index in [-0.39, 0.29) is 16.4 Å². The Bertz CT molecular complexity index is 582. The Labute approximate surface area is 108 Å². The molecule has 0 radical (unpaired) electrons. The predicted octanol–water partition coefficient (Wildman–Crippen LogP) is 2.71. The molecule has 94 valence electrons. The van der Waals surface area contributed by atoms with Gasteiger partial charge < -0.3 is 0 Å². The summed E-state index contributed by atoms with van der Waals surface area (Å²) in [5.74, 6) is -0.782. The summed E-state index contributed by atoms with van der Waals surface area (Å²) in [5.41, 5.74) is 0.600. The van der Waals surface area contributed by atoms with Crippen LogP contribution >= 0.6 is 11.6 Å². The van der Waals surface area contributed by atoms with E-state index >= 15 is 0 Å². The third-order valence-corrected chi connectivity index (χ3v) is 2.77. The molecule has 0 amide bonds. The van der Waals surface area contributed by atoms with Crippen LogP contribution in [0.15, 0.2) is 24.4 Å². The van der Waals surface area contributed by atoms with Crippen molar-refractivity contribution in [3.05, 3.63) is 46.5 Å². The molecule has 0 saturated carbocycles. The van der Waals surface area contributed by atoms with Crippen molar-refractivity contribution in [3.63, 3.8) is 0 Å². The van der Waals surface area contributed by atoms with Crippen LogP contribution in [0.2, 0.25) is 5.02 Å². The molecule has 0 bridgehead atoms. The number of benzene rings is 1. The highest BCUT2D eigenvalue weighted by molar-refractivity contribution is 6.34. The molecule has 0 saturated heterocycles. The standard InChI is InChI=1S/C12H11ClFN3O/c1-2-5-17-11(7-15-16-17)12(18)9-4-3-8(14)6-10(9)13/h3-4,6-7H,2,5H2,1H3. The maximum atomic E-state index is 12.9. The van der Waals surface area contributed by atoms with Gasteiger partial charge >= 0.3 is 0 Å².